The van der Waals surface area contributed by atoms with E-state index in [0.29, 0.717) is 44.4 Å². The number of hydrogen-bond donors (Lipinski definition) is 1. The van der Waals surface area contributed by atoms with Gasteiger partial charge in [0.25, 0.3) is 5.91 Å². The SMILES string of the molecule is O=C(CCS)N1CCN(C(=O)c2ccc(F)cc2F)CC1. The summed E-state index contributed by atoms with van der Waals surface area (Å²) in [4.78, 5) is 27.0. The van der Waals surface area contributed by atoms with E-state index in [0.717, 1.165) is 12.1 Å². The summed E-state index contributed by atoms with van der Waals surface area (Å²) in [6.45, 7) is 1.52. The zero-order chi connectivity index (χ0) is 15.4. The van der Waals surface area contributed by atoms with Crippen LogP contribution in [0.2, 0.25) is 0 Å². The van der Waals surface area contributed by atoms with Crippen molar-refractivity contribution in [3.63, 3.8) is 0 Å². The van der Waals surface area contributed by atoms with Crippen molar-refractivity contribution >= 4 is 24.4 Å². The van der Waals surface area contributed by atoms with Crippen molar-refractivity contribution in [2.75, 3.05) is 31.9 Å². The van der Waals surface area contributed by atoms with Crippen molar-refractivity contribution in [1.29, 1.82) is 0 Å². The molecule has 7 heteroatoms. The van der Waals surface area contributed by atoms with E-state index in [4.69, 9.17) is 0 Å². The molecule has 114 valence electrons. The highest BCUT2D eigenvalue weighted by Crippen LogP contribution is 2.14. The Kier molecular flexibility index (Phi) is 5.17. The molecule has 2 rings (SSSR count). The molecular weight excluding hydrogens is 298 g/mol. The van der Waals surface area contributed by atoms with Crippen LogP contribution in [0.25, 0.3) is 0 Å². The monoisotopic (exact) mass is 314 g/mol. The molecule has 1 fully saturated rings. The predicted molar refractivity (Wildman–Crippen MR) is 77.3 cm³/mol. The zero-order valence-electron chi connectivity index (χ0n) is 11.4. The van der Waals surface area contributed by atoms with Gasteiger partial charge in [-0.05, 0) is 17.9 Å². The average molecular weight is 314 g/mol. The highest BCUT2D eigenvalue weighted by atomic mass is 32.1. The maximum absolute atomic E-state index is 13.6. The molecule has 0 unspecified atom stereocenters. The number of piperazine rings is 1. The van der Waals surface area contributed by atoms with Crippen molar-refractivity contribution in [2.24, 2.45) is 0 Å². The summed E-state index contributed by atoms with van der Waals surface area (Å²) in [5.41, 5.74) is -0.147. The van der Waals surface area contributed by atoms with E-state index in [1.807, 2.05) is 0 Å². The van der Waals surface area contributed by atoms with Crippen LogP contribution in [0.4, 0.5) is 8.78 Å². The Labute approximate surface area is 127 Å². The summed E-state index contributed by atoms with van der Waals surface area (Å²) in [5.74, 6) is -1.57. The molecule has 2 amide bonds. The fraction of sp³-hybridized carbons (Fsp3) is 0.429. The molecule has 1 aliphatic heterocycles. The summed E-state index contributed by atoms with van der Waals surface area (Å²) in [7, 11) is 0. The Balaban J connectivity index is 1.98. The van der Waals surface area contributed by atoms with Gasteiger partial charge in [0.1, 0.15) is 11.6 Å². The topological polar surface area (TPSA) is 40.6 Å². The number of carbonyl (C=O) groups excluding carboxylic acids is 2. The van der Waals surface area contributed by atoms with Gasteiger partial charge in [-0.1, -0.05) is 0 Å². The van der Waals surface area contributed by atoms with Gasteiger partial charge in [0.2, 0.25) is 5.91 Å². The fourth-order valence-electron chi connectivity index (χ4n) is 2.25. The van der Waals surface area contributed by atoms with Crippen molar-refractivity contribution in [2.45, 2.75) is 6.42 Å². The number of nitrogens with zero attached hydrogens (tertiary/aromatic N) is 2. The maximum Gasteiger partial charge on any atom is 0.256 e. The summed E-state index contributed by atoms with van der Waals surface area (Å²) in [6, 6.07) is 2.90. The fourth-order valence-corrected chi connectivity index (χ4v) is 2.44. The van der Waals surface area contributed by atoms with Crippen molar-refractivity contribution < 1.29 is 18.4 Å². The molecule has 1 aliphatic rings. The van der Waals surface area contributed by atoms with Gasteiger partial charge >= 0.3 is 0 Å². The Hall–Kier alpha value is -1.63. The Morgan fingerprint density at radius 3 is 2.29 bits per heavy atom. The second-order valence-corrected chi connectivity index (χ2v) is 5.22. The van der Waals surface area contributed by atoms with Crippen molar-refractivity contribution in [3.05, 3.63) is 35.4 Å². The Morgan fingerprint density at radius 1 is 1.10 bits per heavy atom. The lowest BCUT2D eigenvalue weighted by Gasteiger charge is -2.34. The van der Waals surface area contributed by atoms with Gasteiger partial charge in [0.15, 0.2) is 0 Å². The van der Waals surface area contributed by atoms with E-state index in [9.17, 15) is 18.4 Å². The average Bonchev–Trinajstić information content (AvgIpc) is 2.47. The van der Waals surface area contributed by atoms with Gasteiger partial charge in [0, 0.05) is 38.7 Å². The first-order valence-electron chi connectivity index (χ1n) is 6.66. The van der Waals surface area contributed by atoms with Crippen LogP contribution < -0.4 is 0 Å². The van der Waals surface area contributed by atoms with E-state index in [1.54, 1.807) is 4.90 Å². The first-order chi connectivity index (χ1) is 10.0. The number of thiol groups is 1. The summed E-state index contributed by atoms with van der Waals surface area (Å²) in [5, 5.41) is 0. The van der Waals surface area contributed by atoms with Gasteiger partial charge in [-0.15, -0.1) is 0 Å². The van der Waals surface area contributed by atoms with Crippen molar-refractivity contribution in [1.82, 2.24) is 9.80 Å². The van der Waals surface area contributed by atoms with Gasteiger partial charge in [-0.25, -0.2) is 8.78 Å². The van der Waals surface area contributed by atoms with Crippen LogP contribution >= 0.6 is 12.6 Å². The van der Waals surface area contributed by atoms with E-state index >= 15 is 0 Å². The molecule has 0 radical (unpaired) electrons. The van der Waals surface area contributed by atoms with Crippen LogP contribution in [0.5, 0.6) is 0 Å². The number of hydrogen-bond acceptors (Lipinski definition) is 3. The molecule has 0 N–H and O–H groups in total. The lowest BCUT2D eigenvalue weighted by Crippen LogP contribution is -2.50. The van der Waals surface area contributed by atoms with Gasteiger partial charge < -0.3 is 9.80 Å². The van der Waals surface area contributed by atoms with Crippen LogP contribution in [0.3, 0.4) is 0 Å². The maximum atomic E-state index is 13.6. The van der Waals surface area contributed by atoms with Crippen molar-refractivity contribution in [3.8, 4) is 0 Å². The van der Waals surface area contributed by atoms with Crippen LogP contribution in [-0.2, 0) is 4.79 Å². The number of amides is 2. The van der Waals surface area contributed by atoms with Crippen LogP contribution in [0.1, 0.15) is 16.8 Å². The Bertz CT molecular complexity index is 546. The van der Waals surface area contributed by atoms with E-state index in [-0.39, 0.29) is 11.5 Å². The summed E-state index contributed by atoms with van der Waals surface area (Å²) in [6.07, 6.45) is 0.365. The smallest absolute Gasteiger partial charge is 0.256 e. The molecule has 1 heterocycles. The quantitative estimate of drug-likeness (QED) is 0.861. The van der Waals surface area contributed by atoms with E-state index < -0.39 is 17.5 Å². The molecule has 0 saturated carbocycles. The largest absolute Gasteiger partial charge is 0.339 e. The van der Waals surface area contributed by atoms with Crippen LogP contribution in [0, 0.1) is 11.6 Å². The third kappa shape index (κ3) is 3.72. The van der Waals surface area contributed by atoms with Gasteiger partial charge in [0.05, 0.1) is 5.56 Å². The molecule has 1 aromatic rings. The second kappa shape index (κ2) is 6.89. The summed E-state index contributed by atoms with van der Waals surface area (Å²) < 4.78 is 26.5. The minimum atomic E-state index is -0.867. The first kappa shape index (κ1) is 15.8. The highest BCUT2D eigenvalue weighted by molar-refractivity contribution is 7.80. The normalized spacial score (nSPS) is 15.2. The van der Waals surface area contributed by atoms with Crippen LogP contribution in [0.15, 0.2) is 18.2 Å². The number of carbonyl (C=O) groups is 2. The molecule has 0 aliphatic carbocycles. The highest BCUT2D eigenvalue weighted by Gasteiger charge is 2.25. The lowest BCUT2D eigenvalue weighted by atomic mass is 10.1. The van der Waals surface area contributed by atoms with E-state index in [2.05, 4.69) is 12.6 Å². The zero-order valence-corrected chi connectivity index (χ0v) is 12.3. The van der Waals surface area contributed by atoms with Gasteiger partial charge in [-0.2, -0.15) is 12.6 Å². The minimum Gasteiger partial charge on any atom is -0.339 e. The molecule has 1 saturated heterocycles. The molecule has 4 nitrogen and oxygen atoms in total. The predicted octanol–water partition coefficient (Wildman–Crippen LogP) is 1.57. The summed E-state index contributed by atoms with van der Waals surface area (Å²) >= 11 is 4.01. The third-order valence-electron chi connectivity index (χ3n) is 3.41. The number of halogens is 2. The molecule has 0 spiro atoms. The van der Waals surface area contributed by atoms with Gasteiger partial charge in [-0.3, -0.25) is 9.59 Å². The van der Waals surface area contributed by atoms with E-state index in [1.165, 1.54) is 4.90 Å². The molecule has 0 atom stereocenters. The third-order valence-corrected chi connectivity index (χ3v) is 3.63. The Morgan fingerprint density at radius 2 is 1.71 bits per heavy atom. The molecule has 21 heavy (non-hydrogen) atoms. The second-order valence-electron chi connectivity index (χ2n) is 4.77. The first-order valence-corrected chi connectivity index (χ1v) is 7.29. The standard InChI is InChI=1S/C14H16F2N2O2S/c15-10-1-2-11(12(16)9-10)14(20)18-6-4-17(5-7-18)13(19)3-8-21/h1-2,9,21H,3-8H2. The molecule has 0 aromatic heterocycles. The minimum absolute atomic E-state index is 0.00469. The molecule has 1 aromatic carbocycles. The molecular formula is C14H16F2N2O2S. The number of rotatable bonds is 3. The molecule has 0 bridgehead atoms. The van der Waals surface area contributed by atoms with Crippen LogP contribution in [-0.4, -0.2) is 53.5 Å². The number of benzene rings is 1. The lowest BCUT2D eigenvalue weighted by molar-refractivity contribution is -0.132.